The van der Waals surface area contributed by atoms with E-state index in [4.69, 9.17) is 5.73 Å². The van der Waals surface area contributed by atoms with Crippen molar-refractivity contribution in [2.24, 2.45) is 0 Å². The van der Waals surface area contributed by atoms with Crippen LogP contribution in [-0.4, -0.2) is 40.6 Å². The zero-order valence-corrected chi connectivity index (χ0v) is 11.3. The van der Waals surface area contributed by atoms with Gasteiger partial charge in [-0.25, -0.2) is 9.97 Å². The molecule has 0 atom stereocenters. The zero-order valence-electron chi connectivity index (χ0n) is 11.3. The minimum absolute atomic E-state index is 0.327. The number of hydrogen-bond donors (Lipinski definition) is 4. The standard InChI is InChI=1S/C11H18N8/c1-4-5-15-9-7-6(16-11(14-3)19-9)8(12)18-10(13-2)17-7/h4-5H2,1-3H3,(H3,12,13,17,18)(H2,14,15,16,19). The molecule has 0 aliphatic heterocycles. The van der Waals surface area contributed by atoms with Crippen LogP contribution < -0.4 is 21.7 Å². The van der Waals surface area contributed by atoms with Gasteiger partial charge in [-0.05, 0) is 6.42 Å². The van der Waals surface area contributed by atoms with Crippen molar-refractivity contribution in [2.45, 2.75) is 13.3 Å². The highest BCUT2D eigenvalue weighted by molar-refractivity contribution is 5.93. The Hall–Kier alpha value is -2.38. The van der Waals surface area contributed by atoms with E-state index in [0.29, 0.717) is 34.6 Å². The lowest BCUT2D eigenvalue weighted by Crippen LogP contribution is -2.10. The molecule has 8 heteroatoms. The maximum Gasteiger partial charge on any atom is 0.225 e. The fraction of sp³-hybridized carbons (Fsp3) is 0.455. The van der Waals surface area contributed by atoms with Crippen LogP contribution >= 0.6 is 0 Å². The second-order valence-electron chi connectivity index (χ2n) is 3.95. The Morgan fingerprint density at radius 2 is 1.58 bits per heavy atom. The number of aromatic nitrogens is 4. The van der Waals surface area contributed by atoms with Gasteiger partial charge in [-0.1, -0.05) is 6.92 Å². The molecule has 19 heavy (non-hydrogen) atoms. The summed E-state index contributed by atoms with van der Waals surface area (Å²) in [6, 6.07) is 0. The van der Waals surface area contributed by atoms with E-state index >= 15 is 0 Å². The van der Waals surface area contributed by atoms with Gasteiger partial charge in [-0.3, -0.25) is 0 Å². The molecular weight excluding hydrogens is 244 g/mol. The molecule has 102 valence electrons. The van der Waals surface area contributed by atoms with E-state index in [-0.39, 0.29) is 0 Å². The third-order valence-electron chi connectivity index (χ3n) is 2.56. The van der Waals surface area contributed by atoms with Crippen molar-refractivity contribution in [2.75, 3.05) is 42.3 Å². The van der Waals surface area contributed by atoms with E-state index in [1.165, 1.54) is 0 Å². The second kappa shape index (κ2) is 5.51. The van der Waals surface area contributed by atoms with E-state index in [1.54, 1.807) is 14.1 Å². The Morgan fingerprint density at radius 3 is 2.21 bits per heavy atom. The summed E-state index contributed by atoms with van der Waals surface area (Å²) in [6.45, 7) is 2.88. The second-order valence-corrected chi connectivity index (χ2v) is 3.95. The lowest BCUT2D eigenvalue weighted by atomic mass is 10.3. The van der Waals surface area contributed by atoms with Crippen molar-refractivity contribution in [1.82, 2.24) is 19.9 Å². The Morgan fingerprint density at radius 1 is 0.947 bits per heavy atom. The molecule has 0 aromatic carbocycles. The van der Waals surface area contributed by atoms with E-state index in [2.05, 4.69) is 42.8 Å². The Labute approximate surface area is 111 Å². The van der Waals surface area contributed by atoms with Gasteiger partial charge >= 0.3 is 0 Å². The van der Waals surface area contributed by atoms with Crippen LogP contribution in [0, 0.1) is 0 Å². The van der Waals surface area contributed by atoms with Gasteiger partial charge in [0.25, 0.3) is 0 Å². The lowest BCUT2D eigenvalue weighted by molar-refractivity contribution is 0.967. The van der Waals surface area contributed by atoms with Crippen LogP contribution in [0.25, 0.3) is 11.0 Å². The quantitative estimate of drug-likeness (QED) is 0.628. The third kappa shape index (κ3) is 2.56. The molecule has 0 amide bonds. The fourth-order valence-corrected chi connectivity index (χ4v) is 1.63. The molecule has 0 bridgehead atoms. The lowest BCUT2D eigenvalue weighted by Gasteiger charge is -2.11. The highest BCUT2D eigenvalue weighted by Crippen LogP contribution is 2.24. The Balaban J connectivity index is 2.64. The first kappa shape index (κ1) is 13.1. The highest BCUT2D eigenvalue weighted by atomic mass is 15.2. The van der Waals surface area contributed by atoms with E-state index in [9.17, 15) is 0 Å². The molecular formula is C11H18N8. The average Bonchev–Trinajstić information content (AvgIpc) is 2.44. The molecule has 0 aliphatic rings. The number of hydrogen-bond acceptors (Lipinski definition) is 8. The molecule has 2 aromatic rings. The molecule has 0 saturated carbocycles. The summed E-state index contributed by atoms with van der Waals surface area (Å²) < 4.78 is 0. The number of nitrogens with two attached hydrogens (primary N) is 1. The predicted octanol–water partition coefficient (Wildman–Crippen LogP) is 0.907. The van der Waals surface area contributed by atoms with Crippen molar-refractivity contribution >= 4 is 34.6 Å². The van der Waals surface area contributed by atoms with Gasteiger partial charge in [-0.2, -0.15) is 9.97 Å². The van der Waals surface area contributed by atoms with Gasteiger partial charge in [0, 0.05) is 20.6 Å². The summed E-state index contributed by atoms with van der Waals surface area (Å²) in [7, 11) is 3.49. The normalized spacial score (nSPS) is 10.5. The van der Waals surface area contributed by atoms with Gasteiger partial charge in [0.15, 0.2) is 11.6 Å². The highest BCUT2D eigenvalue weighted by Gasteiger charge is 2.13. The molecule has 0 fully saturated rings. The Bertz CT molecular complexity index is 582. The summed E-state index contributed by atoms with van der Waals surface area (Å²) in [5.74, 6) is 1.92. The van der Waals surface area contributed by atoms with Crippen molar-refractivity contribution in [3.8, 4) is 0 Å². The first-order valence-electron chi connectivity index (χ1n) is 6.14. The smallest absolute Gasteiger partial charge is 0.225 e. The summed E-state index contributed by atoms with van der Waals surface area (Å²) in [5, 5.41) is 9.00. The van der Waals surface area contributed by atoms with Gasteiger partial charge in [-0.15, -0.1) is 0 Å². The number of fused-ring (bicyclic) bond motifs is 1. The van der Waals surface area contributed by atoms with E-state index in [0.717, 1.165) is 13.0 Å². The van der Waals surface area contributed by atoms with Crippen LogP contribution in [0.15, 0.2) is 0 Å². The molecule has 5 N–H and O–H groups in total. The van der Waals surface area contributed by atoms with Crippen LogP contribution in [0.2, 0.25) is 0 Å². The van der Waals surface area contributed by atoms with Crippen molar-refractivity contribution in [1.29, 1.82) is 0 Å². The van der Waals surface area contributed by atoms with Gasteiger partial charge in [0.1, 0.15) is 11.0 Å². The van der Waals surface area contributed by atoms with Crippen molar-refractivity contribution in [3.05, 3.63) is 0 Å². The average molecular weight is 262 g/mol. The minimum atomic E-state index is 0.327. The Kier molecular flexibility index (Phi) is 3.79. The summed E-state index contributed by atoms with van der Waals surface area (Å²) >= 11 is 0. The fourth-order valence-electron chi connectivity index (χ4n) is 1.63. The van der Waals surface area contributed by atoms with Crippen LogP contribution in [0.4, 0.5) is 23.5 Å². The van der Waals surface area contributed by atoms with Crippen LogP contribution in [0.5, 0.6) is 0 Å². The van der Waals surface area contributed by atoms with Gasteiger partial charge in [0.05, 0.1) is 0 Å². The molecule has 8 nitrogen and oxygen atoms in total. The number of nitrogens with one attached hydrogen (secondary N) is 3. The number of nitrogens with zero attached hydrogens (tertiary/aromatic N) is 4. The van der Waals surface area contributed by atoms with E-state index in [1.807, 2.05) is 0 Å². The van der Waals surface area contributed by atoms with Crippen LogP contribution in [0.1, 0.15) is 13.3 Å². The first-order chi connectivity index (χ1) is 9.19. The molecule has 0 aliphatic carbocycles. The number of anilines is 4. The van der Waals surface area contributed by atoms with Crippen molar-refractivity contribution in [3.63, 3.8) is 0 Å². The molecule has 0 unspecified atom stereocenters. The van der Waals surface area contributed by atoms with Crippen molar-refractivity contribution < 1.29 is 0 Å². The first-order valence-corrected chi connectivity index (χ1v) is 6.14. The van der Waals surface area contributed by atoms with E-state index < -0.39 is 0 Å². The molecule has 0 radical (unpaired) electrons. The molecule has 0 spiro atoms. The predicted molar refractivity (Wildman–Crippen MR) is 77.4 cm³/mol. The largest absolute Gasteiger partial charge is 0.382 e. The number of rotatable bonds is 5. The summed E-state index contributed by atoms with van der Waals surface area (Å²) in [4.78, 5) is 17.2. The monoisotopic (exact) mass is 262 g/mol. The summed E-state index contributed by atoms with van der Waals surface area (Å²) in [5.41, 5.74) is 7.07. The summed E-state index contributed by atoms with van der Waals surface area (Å²) in [6.07, 6.45) is 0.986. The maximum atomic E-state index is 5.92. The zero-order chi connectivity index (χ0) is 13.8. The molecule has 2 heterocycles. The molecule has 2 aromatic heterocycles. The topological polar surface area (TPSA) is 114 Å². The molecule has 0 saturated heterocycles. The van der Waals surface area contributed by atoms with Gasteiger partial charge in [0.2, 0.25) is 11.9 Å². The molecule has 2 rings (SSSR count). The number of nitrogen functional groups attached to an aromatic ring is 1. The van der Waals surface area contributed by atoms with Crippen LogP contribution in [0.3, 0.4) is 0 Å². The minimum Gasteiger partial charge on any atom is -0.382 e. The maximum absolute atomic E-state index is 5.92. The third-order valence-corrected chi connectivity index (χ3v) is 2.56. The van der Waals surface area contributed by atoms with Crippen LogP contribution in [-0.2, 0) is 0 Å². The SMILES string of the molecule is CCCNc1nc(NC)nc2c(N)nc(NC)nc12. The van der Waals surface area contributed by atoms with Gasteiger partial charge < -0.3 is 21.7 Å².